The number of unbranched alkanes of at least 4 members (excludes halogenated alkanes) is 1. The summed E-state index contributed by atoms with van der Waals surface area (Å²) >= 11 is 0. The Morgan fingerprint density at radius 3 is 2.57 bits per heavy atom. The molecule has 0 heterocycles. The van der Waals surface area contributed by atoms with E-state index in [2.05, 4.69) is 51.2 Å². The first kappa shape index (κ1) is 18.0. The molecule has 1 unspecified atom stereocenters. The van der Waals surface area contributed by atoms with Crippen molar-refractivity contribution in [2.45, 2.75) is 65.8 Å². The third-order valence-corrected chi connectivity index (χ3v) is 4.41. The first-order valence-electron chi connectivity index (χ1n) is 8.41. The van der Waals surface area contributed by atoms with E-state index in [4.69, 9.17) is 4.74 Å². The van der Waals surface area contributed by atoms with Gasteiger partial charge in [0.2, 0.25) is 0 Å². The largest absolute Gasteiger partial charge is 0.497 e. The van der Waals surface area contributed by atoms with E-state index in [1.165, 1.54) is 31.2 Å². The van der Waals surface area contributed by atoms with Gasteiger partial charge in [-0.3, -0.25) is 0 Å². The van der Waals surface area contributed by atoms with Crippen LogP contribution in [0.2, 0.25) is 0 Å². The Kier molecular flexibility index (Phi) is 7.81. The Balaban J connectivity index is 2.87. The zero-order chi connectivity index (χ0) is 15.7. The highest BCUT2D eigenvalue weighted by atomic mass is 16.5. The summed E-state index contributed by atoms with van der Waals surface area (Å²) in [6.45, 7) is 10.2. The molecule has 21 heavy (non-hydrogen) atoms. The van der Waals surface area contributed by atoms with E-state index in [9.17, 15) is 0 Å². The molecule has 0 spiro atoms. The first-order valence-corrected chi connectivity index (χ1v) is 8.41. The van der Waals surface area contributed by atoms with Crippen LogP contribution in [-0.2, 0) is 6.42 Å². The van der Waals surface area contributed by atoms with E-state index in [0.29, 0.717) is 11.5 Å². The average Bonchev–Trinajstić information content (AvgIpc) is 2.50. The Morgan fingerprint density at radius 2 is 2.00 bits per heavy atom. The normalized spacial score (nSPS) is 14.2. The van der Waals surface area contributed by atoms with Crippen LogP contribution in [0.15, 0.2) is 24.3 Å². The van der Waals surface area contributed by atoms with Crippen molar-refractivity contribution in [2.75, 3.05) is 13.7 Å². The van der Waals surface area contributed by atoms with Gasteiger partial charge in [0.15, 0.2) is 0 Å². The Morgan fingerprint density at radius 1 is 1.24 bits per heavy atom. The van der Waals surface area contributed by atoms with Crippen LogP contribution in [-0.4, -0.2) is 19.7 Å². The zero-order valence-corrected chi connectivity index (χ0v) is 14.5. The molecule has 0 fully saturated rings. The molecule has 1 N–H and O–H groups in total. The molecule has 2 nitrogen and oxygen atoms in total. The summed E-state index contributed by atoms with van der Waals surface area (Å²) in [5.74, 6) is 0.963. The van der Waals surface area contributed by atoms with Gasteiger partial charge in [-0.25, -0.2) is 0 Å². The molecule has 0 bridgehead atoms. The molecule has 120 valence electrons. The van der Waals surface area contributed by atoms with Crippen molar-refractivity contribution in [1.82, 2.24) is 5.32 Å². The molecule has 0 radical (unpaired) electrons. The number of ether oxygens (including phenoxy) is 1. The third kappa shape index (κ3) is 6.09. The van der Waals surface area contributed by atoms with Gasteiger partial charge in [0.25, 0.3) is 0 Å². The van der Waals surface area contributed by atoms with E-state index >= 15 is 0 Å². The van der Waals surface area contributed by atoms with Crippen molar-refractivity contribution < 1.29 is 4.74 Å². The molecule has 0 aliphatic heterocycles. The monoisotopic (exact) mass is 291 g/mol. The van der Waals surface area contributed by atoms with Gasteiger partial charge in [0, 0.05) is 12.6 Å². The molecule has 2 heteroatoms. The van der Waals surface area contributed by atoms with Crippen LogP contribution in [0.5, 0.6) is 5.75 Å². The average molecular weight is 291 g/mol. The predicted octanol–water partition coefficient (Wildman–Crippen LogP) is 4.82. The molecular weight excluding hydrogens is 258 g/mol. The molecule has 1 rings (SSSR count). The molecule has 1 aromatic carbocycles. The highest BCUT2D eigenvalue weighted by Crippen LogP contribution is 2.33. The summed E-state index contributed by atoms with van der Waals surface area (Å²) in [4.78, 5) is 0. The predicted molar refractivity (Wildman–Crippen MR) is 92.1 cm³/mol. The lowest BCUT2D eigenvalue weighted by molar-refractivity contribution is 0.223. The van der Waals surface area contributed by atoms with Gasteiger partial charge >= 0.3 is 0 Å². The topological polar surface area (TPSA) is 21.3 Å². The number of rotatable bonds is 10. The minimum absolute atomic E-state index is 0.354. The second kappa shape index (κ2) is 9.09. The summed E-state index contributed by atoms with van der Waals surface area (Å²) in [5.41, 5.74) is 1.74. The summed E-state index contributed by atoms with van der Waals surface area (Å²) in [5, 5.41) is 3.66. The number of methoxy groups -OCH3 is 1. The number of hydrogen-bond acceptors (Lipinski definition) is 2. The molecule has 0 saturated heterocycles. The summed E-state index contributed by atoms with van der Waals surface area (Å²) < 4.78 is 5.37. The standard InChI is InChI=1S/C19H33NO/c1-6-8-12-19(7-2,15-20-16(3)4)14-17-10-9-11-18(13-17)21-5/h9-11,13,16,20H,6-8,12,14-15H2,1-5H3. The van der Waals surface area contributed by atoms with Gasteiger partial charge < -0.3 is 10.1 Å². The second-order valence-electron chi connectivity index (χ2n) is 6.52. The number of nitrogens with one attached hydrogen (secondary N) is 1. The number of hydrogen-bond donors (Lipinski definition) is 1. The van der Waals surface area contributed by atoms with Gasteiger partial charge in [-0.05, 0) is 42.4 Å². The third-order valence-electron chi connectivity index (χ3n) is 4.41. The zero-order valence-electron chi connectivity index (χ0n) is 14.5. The van der Waals surface area contributed by atoms with Crippen molar-refractivity contribution in [3.8, 4) is 5.75 Å². The number of benzene rings is 1. The maximum atomic E-state index is 5.37. The second-order valence-corrected chi connectivity index (χ2v) is 6.52. The first-order chi connectivity index (χ1) is 10.0. The van der Waals surface area contributed by atoms with Gasteiger partial charge in [0.05, 0.1) is 7.11 Å². The lowest BCUT2D eigenvalue weighted by Crippen LogP contribution is -2.39. The Labute approximate surface area is 131 Å². The fourth-order valence-corrected chi connectivity index (χ4v) is 2.85. The van der Waals surface area contributed by atoms with Crippen LogP contribution in [0.25, 0.3) is 0 Å². The highest BCUT2D eigenvalue weighted by Gasteiger charge is 2.28. The molecule has 1 aromatic rings. The van der Waals surface area contributed by atoms with Crippen molar-refractivity contribution >= 4 is 0 Å². The summed E-state index contributed by atoms with van der Waals surface area (Å²) in [7, 11) is 1.74. The Hall–Kier alpha value is -1.02. The molecule has 0 saturated carbocycles. The van der Waals surface area contributed by atoms with Crippen LogP contribution in [0.4, 0.5) is 0 Å². The van der Waals surface area contributed by atoms with Gasteiger partial charge in [-0.15, -0.1) is 0 Å². The van der Waals surface area contributed by atoms with Crippen LogP contribution >= 0.6 is 0 Å². The minimum atomic E-state index is 0.354. The van der Waals surface area contributed by atoms with Crippen molar-refractivity contribution in [3.05, 3.63) is 29.8 Å². The maximum Gasteiger partial charge on any atom is 0.119 e. The van der Waals surface area contributed by atoms with Crippen LogP contribution in [0, 0.1) is 5.41 Å². The lowest BCUT2D eigenvalue weighted by atomic mass is 9.75. The van der Waals surface area contributed by atoms with Gasteiger partial charge in [-0.1, -0.05) is 52.7 Å². The highest BCUT2D eigenvalue weighted by molar-refractivity contribution is 5.29. The molecular formula is C19H33NO. The van der Waals surface area contributed by atoms with Crippen molar-refractivity contribution in [2.24, 2.45) is 5.41 Å². The molecule has 0 amide bonds. The van der Waals surface area contributed by atoms with E-state index in [1.54, 1.807) is 7.11 Å². The molecule has 0 aliphatic carbocycles. The Bertz CT molecular complexity index is 402. The van der Waals surface area contributed by atoms with Gasteiger partial charge in [-0.2, -0.15) is 0 Å². The quantitative estimate of drug-likeness (QED) is 0.667. The van der Waals surface area contributed by atoms with E-state index < -0.39 is 0 Å². The van der Waals surface area contributed by atoms with Crippen molar-refractivity contribution in [3.63, 3.8) is 0 Å². The van der Waals surface area contributed by atoms with Gasteiger partial charge in [0.1, 0.15) is 5.75 Å². The lowest BCUT2D eigenvalue weighted by Gasteiger charge is -2.34. The smallest absolute Gasteiger partial charge is 0.119 e. The van der Waals surface area contributed by atoms with E-state index in [0.717, 1.165) is 18.7 Å². The molecule has 0 aromatic heterocycles. The van der Waals surface area contributed by atoms with Crippen LogP contribution < -0.4 is 10.1 Å². The molecule has 0 aliphatic rings. The fraction of sp³-hybridized carbons (Fsp3) is 0.684. The van der Waals surface area contributed by atoms with E-state index in [1.807, 2.05) is 6.07 Å². The van der Waals surface area contributed by atoms with Crippen LogP contribution in [0.1, 0.15) is 58.9 Å². The summed E-state index contributed by atoms with van der Waals surface area (Å²) in [6, 6.07) is 9.09. The van der Waals surface area contributed by atoms with Crippen LogP contribution in [0.3, 0.4) is 0 Å². The minimum Gasteiger partial charge on any atom is -0.497 e. The maximum absolute atomic E-state index is 5.37. The molecule has 1 atom stereocenters. The SMILES string of the molecule is CCCCC(CC)(CNC(C)C)Cc1cccc(OC)c1. The summed E-state index contributed by atoms with van der Waals surface area (Å²) in [6.07, 6.45) is 6.19. The fourth-order valence-electron chi connectivity index (χ4n) is 2.85. The van der Waals surface area contributed by atoms with E-state index in [-0.39, 0.29) is 0 Å². The van der Waals surface area contributed by atoms with Crippen molar-refractivity contribution in [1.29, 1.82) is 0 Å².